The van der Waals surface area contributed by atoms with Crippen molar-refractivity contribution in [2.45, 2.75) is 33.6 Å². The van der Waals surface area contributed by atoms with Crippen LogP contribution in [0.4, 0.5) is 0 Å². The maximum Gasteiger partial charge on any atom is 0.0498 e. The molecule has 1 saturated heterocycles. The van der Waals surface area contributed by atoms with E-state index in [9.17, 15) is 0 Å². The summed E-state index contributed by atoms with van der Waals surface area (Å²) in [6, 6.07) is 0. The van der Waals surface area contributed by atoms with Gasteiger partial charge in [0.2, 0.25) is 0 Å². The summed E-state index contributed by atoms with van der Waals surface area (Å²) in [6.45, 7) is 14.7. The van der Waals surface area contributed by atoms with Gasteiger partial charge in [-0.05, 0) is 32.7 Å². The van der Waals surface area contributed by atoms with Gasteiger partial charge in [-0.15, -0.1) is 0 Å². The Morgan fingerprint density at radius 3 is 3.00 bits per heavy atom. The highest BCUT2D eigenvalue weighted by molar-refractivity contribution is 5.77. The highest BCUT2D eigenvalue weighted by Crippen LogP contribution is 2.13. The van der Waals surface area contributed by atoms with E-state index in [0.29, 0.717) is 0 Å². The van der Waals surface area contributed by atoms with Crippen molar-refractivity contribution in [1.82, 2.24) is 10.2 Å². The first-order chi connectivity index (χ1) is 8.67. The Labute approximate surface area is 112 Å². The van der Waals surface area contributed by atoms with E-state index in [1.807, 2.05) is 26.1 Å². The van der Waals surface area contributed by atoms with Crippen molar-refractivity contribution < 1.29 is 0 Å². The van der Waals surface area contributed by atoms with Crippen LogP contribution in [0.2, 0.25) is 0 Å². The smallest absolute Gasteiger partial charge is 0.0498 e. The van der Waals surface area contributed by atoms with Crippen molar-refractivity contribution in [3.8, 4) is 0 Å². The Morgan fingerprint density at radius 2 is 2.33 bits per heavy atom. The van der Waals surface area contributed by atoms with Crippen LogP contribution >= 0.6 is 0 Å². The third-order valence-corrected chi connectivity index (χ3v) is 3.41. The van der Waals surface area contributed by atoms with Crippen molar-refractivity contribution >= 4 is 6.21 Å². The Bertz CT molecular complexity index is 318. The fourth-order valence-corrected chi connectivity index (χ4v) is 2.18. The lowest BCUT2D eigenvalue weighted by molar-refractivity contribution is 0.321. The summed E-state index contributed by atoms with van der Waals surface area (Å²) in [7, 11) is 0. The van der Waals surface area contributed by atoms with Crippen LogP contribution in [0.1, 0.15) is 33.6 Å². The standard InChI is InChI=1S/C15H27N3/c1-5-7-15-11-16-8-9-18(12-15)14(4)10-17-13(3)6-2/h6,10,15-16H,4-5,7-9,11-12H2,1-3H3/b13-6-,17-10?. The van der Waals surface area contributed by atoms with E-state index in [-0.39, 0.29) is 0 Å². The quantitative estimate of drug-likeness (QED) is 0.759. The summed E-state index contributed by atoms with van der Waals surface area (Å²) in [6.07, 6.45) is 6.43. The first-order valence-electron chi connectivity index (χ1n) is 6.99. The Hall–Kier alpha value is -1.09. The lowest BCUT2D eigenvalue weighted by Crippen LogP contribution is -2.29. The molecular formula is C15H27N3. The van der Waals surface area contributed by atoms with Gasteiger partial charge in [-0.25, -0.2) is 0 Å². The number of allylic oxidation sites excluding steroid dienone is 3. The Morgan fingerprint density at radius 1 is 1.56 bits per heavy atom. The SMILES string of the molecule is C=C(C=N/C(C)=C\C)N1CCNCC(CCC)C1. The average Bonchev–Trinajstić information content (AvgIpc) is 2.61. The number of nitrogens with one attached hydrogen (secondary N) is 1. The Balaban J connectivity index is 2.57. The molecule has 0 aliphatic carbocycles. The van der Waals surface area contributed by atoms with Crippen LogP contribution in [0.3, 0.4) is 0 Å². The second-order valence-corrected chi connectivity index (χ2v) is 4.98. The summed E-state index contributed by atoms with van der Waals surface area (Å²) in [4.78, 5) is 6.75. The van der Waals surface area contributed by atoms with Gasteiger partial charge < -0.3 is 10.2 Å². The van der Waals surface area contributed by atoms with Crippen molar-refractivity contribution in [3.05, 3.63) is 24.0 Å². The van der Waals surface area contributed by atoms with E-state index < -0.39 is 0 Å². The van der Waals surface area contributed by atoms with Gasteiger partial charge in [0, 0.05) is 37.2 Å². The molecule has 1 aliphatic rings. The number of nitrogens with zero attached hydrogens (tertiary/aromatic N) is 2. The van der Waals surface area contributed by atoms with Gasteiger partial charge in [0.1, 0.15) is 0 Å². The van der Waals surface area contributed by atoms with Crippen LogP contribution in [-0.4, -0.2) is 37.3 Å². The monoisotopic (exact) mass is 249 g/mol. The second kappa shape index (κ2) is 8.09. The summed E-state index contributed by atoms with van der Waals surface area (Å²) in [5.41, 5.74) is 2.07. The minimum Gasteiger partial charge on any atom is -0.369 e. The van der Waals surface area contributed by atoms with Gasteiger partial charge >= 0.3 is 0 Å². The van der Waals surface area contributed by atoms with E-state index in [1.165, 1.54) is 12.8 Å². The summed E-state index contributed by atoms with van der Waals surface area (Å²) in [5, 5.41) is 3.50. The molecule has 18 heavy (non-hydrogen) atoms. The van der Waals surface area contributed by atoms with Crippen molar-refractivity contribution in [2.24, 2.45) is 10.9 Å². The molecular weight excluding hydrogens is 222 g/mol. The predicted molar refractivity (Wildman–Crippen MR) is 79.9 cm³/mol. The normalized spacial score (nSPS) is 22.3. The average molecular weight is 249 g/mol. The van der Waals surface area contributed by atoms with Gasteiger partial charge in [-0.1, -0.05) is 26.0 Å². The molecule has 3 heteroatoms. The van der Waals surface area contributed by atoms with Crippen molar-refractivity contribution in [1.29, 1.82) is 0 Å². The molecule has 1 heterocycles. The van der Waals surface area contributed by atoms with Gasteiger partial charge in [0.05, 0.1) is 0 Å². The minimum atomic E-state index is 0.727. The van der Waals surface area contributed by atoms with Gasteiger partial charge in [-0.3, -0.25) is 4.99 Å². The zero-order valence-electron chi connectivity index (χ0n) is 12.1. The predicted octanol–water partition coefficient (Wildman–Crippen LogP) is 2.82. The van der Waals surface area contributed by atoms with Crippen molar-refractivity contribution in [3.63, 3.8) is 0 Å². The van der Waals surface area contributed by atoms with Crippen LogP contribution in [0, 0.1) is 5.92 Å². The number of hydrogen-bond donors (Lipinski definition) is 1. The molecule has 1 fully saturated rings. The second-order valence-electron chi connectivity index (χ2n) is 4.98. The topological polar surface area (TPSA) is 27.6 Å². The molecule has 3 nitrogen and oxygen atoms in total. The van der Waals surface area contributed by atoms with Gasteiger partial charge in [0.25, 0.3) is 0 Å². The van der Waals surface area contributed by atoms with E-state index in [1.54, 1.807) is 0 Å². The van der Waals surface area contributed by atoms with Crippen LogP contribution in [-0.2, 0) is 0 Å². The molecule has 0 amide bonds. The molecule has 0 aromatic heterocycles. The molecule has 0 bridgehead atoms. The molecule has 0 radical (unpaired) electrons. The molecule has 1 atom stereocenters. The third kappa shape index (κ3) is 5.05. The van der Waals surface area contributed by atoms with Crippen molar-refractivity contribution in [2.75, 3.05) is 26.2 Å². The number of rotatable bonds is 5. The molecule has 0 spiro atoms. The fourth-order valence-electron chi connectivity index (χ4n) is 2.18. The molecule has 102 valence electrons. The molecule has 1 unspecified atom stereocenters. The van der Waals surface area contributed by atoms with Crippen LogP contribution in [0.5, 0.6) is 0 Å². The first kappa shape index (κ1) is 15.0. The molecule has 1 aliphatic heterocycles. The molecule has 0 aromatic carbocycles. The lowest BCUT2D eigenvalue weighted by atomic mass is 10.0. The number of hydrogen-bond acceptors (Lipinski definition) is 3. The van der Waals surface area contributed by atoms with Crippen LogP contribution < -0.4 is 5.32 Å². The lowest BCUT2D eigenvalue weighted by Gasteiger charge is -2.25. The minimum absolute atomic E-state index is 0.727. The summed E-state index contributed by atoms with van der Waals surface area (Å²) < 4.78 is 0. The van der Waals surface area contributed by atoms with Gasteiger partial charge in [-0.2, -0.15) is 0 Å². The zero-order valence-corrected chi connectivity index (χ0v) is 12.1. The Kier molecular flexibility index (Phi) is 6.73. The summed E-state index contributed by atoms with van der Waals surface area (Å²) in [5.74, 6) is 0.727. The molecule has 0 aromatic rings. The molecule has 0 saturated carbocycles. The van der Waals surface area contributed by atoms with Gasteiger partial charge in [0.15, 0.2) is 0 Å². The maximum atomic E-state index is 4.39. The molecule has 1 rings (SSSR count). The van der Waals surface area contributed by atoms with E-state index in [0.717, 1.165) is 43.5 Å². The largest absolute Gasteiger partial charge is 0.369 e. The number of aliphatic imine (C=N–C) groups is 1. The van der Waals surface area contributed by atoms with Crippen LogP contribution in [0.25, 0.3) is 0 Å². The molecule has 1 N–H and O–H groups in total. The van der Waals surface area contributed by atoms with E-state index >= 15 is 0 Å². The highest BCUT2D eigenvalue weighted by atomic mass is 15.2. The fraction of sp³-hybridized carbons (Fsp3) is 0.667. The summed E-state index contributed by atoms with van der Waals surface area (Å²) >= 11 is 0. The van der Waals surface area contributed by atoms with Crippen LogP contribution in [0.15, 0.2) is 29.0 Å². The van der Waals surface area contributed by atoms with E-state index in [4.69, 9.17) is 0 Å². The first-order valence-corrected chi connectivity index (χ1v) is 6.99. The third-order valence-electron chi connectivity index (χ3n) is 3.41. The zero-order chi connectivity index (χ0) is 13.4. The highest BCUT2D eigenvalue weighted by Gasteiger charge is 2.17. The maximum absolute atomic E-state index is 4.39. The van der Waals surface area contributed by atoms with E-state index in [2.05, 4.69) is 28.7 Å².